The number of carbonyl (C=O) groups is 3. The highest BCUT2D eigenvalue weighted by molar-refractivity contribution is 7.89. The molecule has 0 aliphatic rings. The van der Waals surface area contributed by atoms with Crippen LogP contribution in [0.15, 0.2) is 71.6 Å². The lowest BCUT2D eigenvalue weighted by atomic mass is 10.1. The molecule has 0 unspecified atom stereocenters. The zero-order valence-corrected chi connectivity index (χ0v) is 21.9. The number of anilines is 1. The van der Waals surface area contributed by atoms with Gasteiger partial charge in [-0.3, -0.25) is 4.79 Å². The number of methoxy groups -OCH3 is 2. The van der Waals surface area contributed by atoms with E-state index in [0.717, 1.165) is 9.87 Å². The summed E-state index contributed by atoms with van der Waals surface area (Å²) in [5, 5.41) is 2.98. The number of esters is 2. The van der Waals surface area contributed by atoms with Crippen LogP contribution < -0.4 is 5.32 Å². The predicted octanol–water partition coefficient (Wildman–Crippen LogP) is 4.05. The molecule has 0 heterocycles. The Balaban J connectivity index is 1.93. The van der Waals surface area contributed by atoms with Crippen molar-refractivity contribution in [2.45, 2.75) is 18.4 Å². The predicted molar refractivity (Wildman–Crippen MR) is 138 cm³/mol. The number of amides is 1. The van der Waals surface area contributed by atoms with Gasteiger partial charge in [0.15, 0.2) is 0 Å². The number of nitrogens with one attached hydrogen (secondary N) is 1. The number of rotatable bonds is 9. The monoisotopic (exact) mass is 544 g/mol. The van der Waals surface area contributed by atoms with Crippen LogP contribution in [-0.2, 0) is 30.8 Å². The van der Waals surface area contributed by atoms with Crippen LogP contribution in [0, 0.1) is 6.92 Å². The Morgan fingerprint density at radius 2 is 1.49 bits per heavy atom. The van der Waals surface area contributed by atoms with Crippen LogP contribution in [0.2, 0.25) is 5.02 Å². The van der Waals surface area contributed by atoms with Gasteiger partial charge >= 0.3 is 11.9 Å². The molecule has 0 aliphatic carbocycles. The fourth-order valence-corrected chi connectivity index (χ4v) is 5.05. The highest BCUT2D eigenvalue weighted by Crippen LogP contribution is 2.22. The van der Waals surface area contributed by atoms with Crippen molar-refractivity contribution in [2.24, 2.45) is 0 Å². The number of aryl methyl sites for hydroxylation is 1. The molecule has 0 radical (unpaired) electrons. The second-order valence-corrected chi connectivity index (χ2v) is 10.4. The molecule has 0 fully saturated rings. The Kier molecular flexibility index (Phi) is 9.04. The number of hydrogen-bond acceptors (Lipinski definition) is 7. The van der Waals surface area contributed by atoms with Crippen molar-refractivity contribution in [3.63, 3.8) is 0 Å². The van der Waals surface area contributed by atoms with Crippen molar-refractivity contribution in [3.05, 3.63) is 94.0 Å². The summed E-state index contributed by atoms with van der Waals surface area (Å²) >= 11 is 6.07. The van der Waals surface area contributed by atoms with Gasteiger partial charge < -0.3 is 14.8 Å². The van der Waals surface area contributed by atoms with Gasteiger partial charge in [0, 0.05) is 17.3 Å². The molecule has 0 saturated heterocycles. The summed E-state index contributed by atoms with van der Waals surface area (Å²) in [7, 11) is -1.73. The maximum absolute atomic E-state index is 13.5. The molecule has 1 amide bonds. The number of hydrogen-bond donors (Lipinski definition) is 1. The molecular weight excluding hydrogens is 520 g/mol. The molecule has 0 aliphatic heterocycles. The van der Waals surface area contributed by atoms with E-state index in [0.29, 0.717) is 10.6 Å². The quantitative estimate of drug-likeness (QED) is 0.403. The zero-order valence-electron chi connectivity index (χ0n) is 20.4. The number of benzene rings is 3. The van der Waals surface area contributed by atoms with Crippen LogP contribution in [0.5, 0.6) is 0 Å². The first kappa shape index (κ1) is 27.9. The smallest absolute Gasteiger partial charge is 0.337 e. The summed E-state index contributed by atoms with van der Waals surface area (Å²) < 4.78 is 37.4. The first-order valence-electron chi connectivity index (χ1n) is 11.0. The van der Waals surface area contributed by atoms with E-state index >= 15 is 0 Å². The summed E-state index contributed by atoms with van der Waals surface area (Å²) in [4.78, 5) is 37.2. The van der Waals surface area contributed by atoms with E-state index in [4.69, 9.17) is 21.1 Å². The highest BCUT2D eigenvalue weighted by Gasteiger charge is 2.27. The lowest BCUT2D eigenvalue weighted by Crippen LogP contribution is -2.37. The molecule has 9 nitrogen and oxygen atoms in total. The molecule has 0 saturated carbocycles. The van der Waals surface area contributed by atoms with Crippen LogP contribution >= 0.6 is 11.6 Å². The second kappa shape index (κ2) is 12.0. The van der Waals surface area contributed by atoms with E-state index < -0.39 is 34.4 Å². The molecule has 1 N–H and O–H groups in total. The molecular formula is C26H25ClN2O7S. The lowest BCUT2D eigenvalue weighted by molar-refractivity contribution is -0.116. The third-order valence-corrected chi connectivity index (χ3v) is 7.33. The molecule has 3 aromatic rings. The van der Waals surface area contributed by atoms with Crippen LogP contribution in [0.3, 0.4) is 0 Å². The van der Waals surface area contributed by atoms with Gasteiger partial charge in [0.1, 0.15) is 0 Å². The number of nitrogens with zero attached hydrogens (tertiary/aromatic N) is 1. The van der Waals surface area contributed by atoms with Crippen molar-refractivity contribution in [1.82, 2.24) is 4.31 Å². The van der Waals surface area contributed by atoms with Gasteiger partial charge in [-0.25, -0.2) is 18.0 Å². The van der Waals surface area contributed by atoms with E-state index in [1.54, 1.807) is 36.4 Å². The van der Waals surface area contributed by atoms with Gasteiger partial charge in [-0.2, -0.15) is 4.31 Å². The molecule has 0 bridgehead atoms. The van der Waals surface area contributed by atoms with Crippen molar-refractivity contribution < 1.29 is 32.3 Å². The van der Waals surface area contributed by atoms with Gasteiger partial charge in [-0.15, -0.1) is 0 Å². The van der Waals surface area contributed by atoms with E-state index in [9.17, 15) is 22.8 Å². The molecule has 3 rings (SSSR count). The Labute approximate surface area is 220 Å². The SMILES string of the molecule is COC(=O)c1cc(NC(=O)CN(Cc2cccc(Cl)c2)S(=O)(=O)c2ccc(C)cc2)cc(C(=O)OC)c1. The first-order valence-corrected chi connectivity index (χ1v) is 12.8. The average Bonchev–Trinajstić information content (AvgIpc) is 2.87. The Bertz CT molecular complexity index is 1390. The third kappa shape index (κ3) is 7.16. The molecule has 0 spiro atoms. The first-order chi connectivity index (χ1) is 17.5. The second-order valence-electron chi connectivity index (χ2n) is 8.05. The molecule has 37 heavy (non-hydrogen) atoms. The van der Waals surface area contributed by atoms with Gasteiger partial charge in [0.2, 0.25) is 15.9 Å². The van der Waals surface area contributed by atoms with Crippen molar-refractivity contribution in [3.8, 4) is 0 Å². The van der Waals surface area contributed by atoms with Crippen LogP contribution in [-0.4, -0.2) is 51.3 Å². The Morgan fingerprint density at radius 1 is 0.892 bits per heavy atom. The molecule has 0 atom stereocenters. The number of carbonyl (C=O) groups excluding carboxylic acids is 3. The average molecular weight is 545 g/mol. The molecule has 11 heteroatoms. The highest BCUT2D eigenvalue weighted by atomic mass is 35.5. The Hall–Kier alpha value is -3.73. The summed E-state index contributed by atoms with van der Waals surface area (Å²) in [5.74, 6) is -2.16. The standard InChI is InChI=1S/C26H25ClN2O7S/c1-17-7-9-23(10-8-17)37(33,34)29(15-18-5-4-6-21(27)11-18)16-24(30)28-22-13-19(25(31)35-2)12-20(14-22)26(32)36-3/h4-14H,15-16H2,1-3H3,(H,28,30). The van der Waals surface area contributed by atoms with Crippen LogP contribution in [0.4, 0.5) is 5.69 Å². The number of sulfonamides is 1. The topological polar surface area (TPSA) is 119 Å². The van der Waals surface area contributed by atoms with E-state index in [-0.39, 0.29) is 28.3 Å². The van der Waals surface area contributed by atoms with Crippen LogP contribution in [0.25, 0.3) is 0 Å². The van der Waals surface area contributed by atoms with Gasteiger partial charge in [0.25, 0.3) is 0 Å². The largest absolute Gasteiger partial charge is 0.465 e. The lowest BCUT2D eigenvalue weighted by Gasteiger charge is -2.22. The van der Waals surface area contributed by atoms with E-state index in [1.165, 1.54) is 44.6 Å². The minimum absolute atomic E-state index is 0.00348. The van der Waals surface area contributed by atoms with Gasteiger partial charge in [-0.05, 0) is 55.0 Å². The van der Waals surface area contributed by atoms with E-state index in [1.807, 2.05) is 6.92 Å². The molecule has 0 aromatic heterocycles. The fraction of sp³-hybridized carbons (Fsp3) is 0.192. The van der Waals surface area contributed by atoms with Crippen molar-refractivity contribution >= 4 is 45.2 Å². The van der Waals surface area contributed by atoms with Gasteiger partial charge in [-0.1, -0.05) is 41.4 Å². The zero-order chi connectivity index (χ0) is 27.2. The third-order valence-electron chi connectivity index (χ3n) is 5.29. The number of ether oxygens (including phenoxy) is 2. The minimum atomic E-state index is -4.09. The summed E-state index contributed by atoms with van der Waals surface area (Å²) in [5.41, 5.74) is 1.55. The maximum atomic E-state index is 13.5. The summed E-state index contributed by atoms with van der Waals surface area (Å²) in [6.45, 7) is 1.15. The normalized spacial score (nSPS) is 11.2. The van der Waals surface area contributed by atoms with Gasteiger partial charge in [0.05, 0.1) is 36.8 Å². The van der Waals surface area contributed by atoms with Crippen molar-refractivity contribution in [2.75, 3.05) is 26.1 Å². The summed E-state index contributed by atoms with van der Waals surface area (Å²) in [6.07, 6.45) is 0. The van der Waals surface area contributed by atoms with E-state index in [2.05, 4.69) is 5.32 Å². The summed E-state index contributed by atoms with van der Waals surface area (Å²) in [6, 6.07) is 16.8. The molecule has 194 valence electrons. The fourth-order valence-electron chi connectivity index (χ4n) is 3.46. The number of halogens is 1. The minimum Gasteiger partial charge on any atom is -0.465 e. The van der Waals surface area contributed by atoms with Crippen LogP contribution in [0.1, 0.15) is 31.8 Å². The van der Waals surface area contributed by atoms with Crippen molar-refractivity contribution in [1.29, 1.82) is 0 Å². The molecule has 3 aromatic carbocycles. The maximum Gasteiger partial charge on any atom is 0.337 e. The Morgan fingerprint density at radius 3 is 2.03 bits per heavy atom.